The molecule has 3 heterocycles. The van der Waals surface area contributed by atoms with E-state index in [1.54, 1.807) is 17.7 Å². The van der Waals surface area contributed by atoms with E-state index < -0.39 is 28.3 Å². The van der Waals surface area contributed by atoms with Gasteiger partial charge < -0.3 is 5.11 Å². The molecule has 1 aromatic heterocycles. The lowest BCUT2D eigenvalue weighted by molar-refractivity contribution is -0.140. The van der Waals surface area contributed by atoms with Gasteiger partial charge in [-0.2, -0.15) is 5.10 Å². The fraction of sp³-hybridized carbons (Fsp3) is 0.467. The molecule has 26 heavy (non-hydrogen) atoms. The molecule has 2 fully saturated rings. The number of aliphatic carboxylic acids is 1. The van der Waals surface area contributed by atoms with E-state index >= 15 is 0 Å². The zero-order chi connectivity index (χ0) is 19.2. The summed E-state index contributed by atoms with van der Waals surface area (Å²) < 4.78 is 25.4. The van der Waals surface area contributed by atoms with Crippen LogP contribution in [-0.4, -0.2) is 62.5 Å². The fourth-order valence-corrected chi connectivity index (χ4v) is 6.04. The summed E-state index contributed by atoms with van der Waals surface area (Å²) in [5.74, 6) is -1.36. The zero-order valence-corrected chi connectivity index (χ0v) is 16.6. The first-order chi connectivity index (χ1) is 12.1. The molecule has 1 aromatic rings. The van der Waals surface area contributed by atoms with Gasteiger partial charge in [0.05, 0.1) is 28.1 Å². The topological polar surface area (TPSA) is 110 Å². The summed E-state index contributed by atoms with van der Waals surface area (Å²) in [7, 11) is -3.04. The molecular weight excluding hydrogens is 398 g/mol. The number of carbonyl (C=O) groups excluding carboxylic acids is 1. The molecule has 0 aliphatic carbocycles. The standard InChI is InChI=1S/C15H17N3O5S3/c1-8-11(5-12-14(21)17(6-13(19)20)15(24)25-12)9(2)18(16-8)10-3-4-26(22,23)7-10/h5,10H,3-4,6-7H2,1-2H3,(H,19,20)/b12-5-. The quantitative estimate of drug-likeness (QED) is 0.576. The molecule has 0 radical (unpaired) electrons. The van der Waals surface area contributed by atoms with Crippen molar-refractivity contribution in [2.24, 2.45) is 0 Å². The second kappa shape index (κ2) is 6.78. The van der Waals surface area contributed by atoms with Crippen LogP contribution in [-0.2, 0) is 19.4 Å². The van der Waals surface area contributed by atoms with Gasteiger partial charge >= 0.3 is 5.97 Å². The van der Waals surface area contributed by atoms with Crippen LogP contribution in [0, 0.1) is 13.8 Å². The van der Waals surface area contributed by atoms with Crippen LogP contribution < -0.4 is 0 Å². The Labute approximate surface area is 160 Å². The first kappa shape index (κ1) is 19.1. The molecule has 1 atom stereocenters. The van der Waals surface area contributed by atoms with Crippen LogP contribution in [0.4, 0.5) is 0 Å². The SMILES string of the molecule is Cc1nn(C2CCS(=O)(=O)C2)c(C)c1/C=C1\SC(=S)N(CC(=O)O)C1=O. The number of carboxylic acid groups (broad SMARTS) is 1. The van der Waals surface area contributed by atoms with Crippen molar-refractivity contribution < 1.29 is 23.1 Å². The largest absolute Gasteiger partial charge is 0.480 e. The van der Waals surface area contributed by atoms with Gasteiger partial charge in [0.2, 0.25) is 0 Å². The number of hydrogen-bond acceptors (Lipinski definition) is 7. The lowest BCUT2D eigenvalue weighted by atomic mass is 10.1. The molecule has 0 spiro atoms. The number of thioether (sulfide) groups is 1. The van der Waals surface area contributed by atoms with Crippen molar-refractivity contribution in [3.05, 3.63) is 21.9 Å². The van der Waals surface area contributed by atoms with Gasteiger partial charge in [0.15, 0.2) is 9.84 Å². The van der Waals surface area contributed by atoms with Crippen LogP contribution in [0.25, 0.3) is 6.08 Å². The van der Waals surface area contributed by atoms with Crippen LogP contribution in [0.5, 0.6) is 0 Å². The zero-order valence-electron chi connectivity index (χ0n) is 14.1. The maximum atomic E-state index is 12.4. The summed E-state index contributed by atoms with van der Waals surface area (Å²) in [6.45, 7) is 3.14. The van der Waals surface area contributed by atoms with E-state index in [4.69, 9.17) is 17.3 Å². The van der Waals surface area contributed by atoms with Gasteiger partial charge in [0, 0.05) is 11.3 Å². The number of aryl methyl sites for hydroxylation is 1. The lowest BCUT2D eigenvalue weighted by Gasteiger charge is -2.11. The summed E-state index contributed by atoms with van der Waals surface area (Å²) in [5.41, 5.74) is 2.17. The highest BCUT2D eigenvalue weighted by Gasteiger charge is 2.35. The lowest BCUT2D eigenvalue weighted by Crippen LogP contribution is -2.33. The van der Waals surface area contributed by atoms with Crippen molar-refractivity contribution in [1.82, 2.24) is 14.7 Å². The predicted molar refractivity (Wildman–Crippen MR) is 102 cm³/mol. The number of nitrogens with zero attached hydrogens (tertiary/aromatic N) is 3. The summed E-state index contributed by atoms with van der Waals surface area (Å²) in [6.07, 6.45) is 2.17. The van der Waals surface area contributed by atoms with E-state index in [1.165, 1.54) is 0 Å². The van der Waals surface area contributed by atoms with Crippen molar-refractivity contribution in [2.75, 3.05) is 18.1 Å². The van der Waals surface area contributed by atoms with E-state index in [2.05, 4.69) is 5.10 Å². The number of sulfone groups is 1. The fourth-order valence-electron chi connectivity index (χ4n) is 3.11. The van der Waals surface area contributed by atoms with Gasteiger partial charge in [0.25, 0.3) is 5.91 Å². The number of hydrogen-bond donors (Lipinski definition) is 1. The van der Waals surface area contributed by atoms with E-state index in [0.717, 1.165) is 27.9 Å². The Bertz CT molecular complexity index is 948. The number of rotatable bonds is 4. The summed E-state index contributed by atoms with van der Waals surface area (Å²) in [5, 5.41) is 13.4. The molecule has 8 nitrogen and oxygen atoms in total. The highest BCUT2D eigenvalue weighted by Crippen LogP contribution is 2.34. The van der Waals surface area contributed by atoms with Gasteiger partial charge in [-0.25, -0.2) is 8.42 Å². The van der Waals surface area contributed by atoms with Gasteiger partial charge in [-0.05, 0) is 26.3 Å². The Balaban J connectivity index is 1.91. The van der Waals surface area contributed by atoms with E-state index in [0.29, 0.717) is 17.0 Å². The van der Waals surface area contributed by atoms with Crippen molar-refractivity contribution in [3.63, 3.8) is 0 Å². The summed E-state index contributed by atoms with van der Waals surface area (Å²) in [6, 6.07) is -0.206. The number of aromatic nitrogens is 2. The molecule has 140 valence electrons. The minimum absolute atomic E-state index is 0.0646. The third-order valence-corrected chi connectivity index (χ3v) is 7.51. The number of carboxylic acids is 1. The molecule has 11 heteroatoms. The Hall–Kier alpha value is -1.72. The maximum Gasteiger partial charge on any atom is 0.323 e. The smallest absolute Gasteiger partial charge is 0.323 e. The van der Waals surface area contributed by atoms with E-state index in [1.807, 2.05) is 6.92 Å². The highest BCUT2D eigenvalue weighted by atomic mass is 32.2. The normalized spacial score (nSPS) is 24.0. The molecular formula is C15H17N3O5S3. The van der Waals surface area contributed by atoms with Crippen LogP contribution in [0.3, 0.4) is 0 Å². The van der Waals surface area contributed by atoms with Crippen LogP contribution in [0.15, 0.2) is 4.91 Å². The summed E-state index contributed by atoms with van der Waals surface area (Å²) in [4.78, 5) is 24.7. The predicted octanol–water partition coefficient (Wildman–Crippen LogP) is 1.15. The third-order valence-electron chi connectivity index (χ3n) is 4.38. The molecule has 2 aliphatic heterocycles. The van der Waals surface area contributed by atoms with Gasteiger partial charge in [-0.15, -0.1) is 0 Å². The second-order valence-electron chi connectivity index (χ2n) is 6.25. The monoisotopic (exact) mass is 415 g/mol. The first-order valence-electron chi connectivity index (χ1n) is 7.82. The molecule has 2 saturated heterocycles. The average molecular weight is 416 g/mol. The maximum absolute atomic E-state index is 12.4. The average Bonchev–Trinajstić information content (AvgIpc) is 3.12. The Morgan fingerprint density at radius 3 is 2.73 bits per heavy atom. The van der Waals surface area contributed by atoms with Crippen LogP contribution in [0.2, 0.25) is 0 Å². The number of amides is 1. The van der Waals surface area contributed by atoms with Crippen molar-refractivity contribution in [2.45, 2.75) is 26.3 Å². The van der Waals surface area contributed by atoms with Gasteiger partial charge in [-0.1, -0.05) is 24.0 Å². The molecule has 0 saturated carbocycles. The van der Waals surface area contributed by atoms with Crippen LogP contribution >= 0.6 is 24.0 Å². The molecule has 3 rings (SSSR count). The Morgan fingerprint density at radius 1 is 1.46 bits per heavy atom. The van der Waals surface area contributed by atoms with Crippen molar-refractivity contribution >= 4 is 56.1 Å². The Kier molecular flexibility index (Phi) is 4.97. The molecule has 1 unspecified atom stereocenters. The number of thiocarbonyl (C=S) groups is 1. The molecule has 1 N–H and O–H groups in total. The minimum Gasteiger partial charge on any atom is -0.480 e. The number of carbonyl (C=O) groups is 2. The third kappa shape index (κ3) is 3.55. The van der Waals surface area contributed by atoms with Crippen LogP contribution in [0.1, 0.15) is 29.4 Å². The van der Waals surface area contributed by atoms with Crippen molar-refractivity contribution in [3.8, 4) is 0 Å². The van der Waals surface area contributed by atoms with E-state index in [-0.39, 0.29) is 21.9 Å². The van der Waals surface area contributed by atoms with Crippen molar-refractivity contribution in [1.29, 1.82) is 0 Å². The van der Waals surface area contributed by atoms with E-state index in [9.17, 15) is 18.0 Å². The minimum atomic E-state index is -3.04. The summed E-state index contributed by atoms with van der Waals surface area (Å²) >= 11 is 6.14. The van der Waals surface area contributed by atoms with Gasteiger partial charge in [0.1, 0.15) is 10.9 Å². The Morgan fingerprint density at radius 2 is 2.15 bits per heavy atom. The second-order valence-corrected chi connectivity index (χ2v) is 10.2. The first-order valence-corrected chi connectivity index (χ1v) is 10.9. The molecule has 0 aromatic carbocycles. The molecule has 0 bridgehead atoms. The molecule has 1 amide bonds. The van der Waals surface area contributed by atoms with Gasteiger partial charge in [-0.3, -0.25) is 19.2 Å². The molecule has 2 aliphatic rings. The highest BCUT2D eigenvalue weighted by molar-refractivity contribution is 8.26.